The van der Waals surface area contributed by atoms with Gasteiger partial charge in [0, 0.05) is 17.5 Å². The molecule has 2 nitrogen and oxygen atoms in total. The predicted octanol–water partition coefficient (Wildman–Crippen LogP) is 2.84. The molecule has 1 aliphatic heterocycles. The second-order valence-corrected chi connectivity index (χ2v) is 5.44. The van der Waals surface area contributed by atoms with Crippen LogP contribution in [0.15, 0.2) is 17.5 Å². The molecule has 1 saturated heterocycles. The highest BCUT2D eigenvalue weighted by molar-refractivity contribution is 7.09. The zero-order valence-corrected chi connectivity index (χ0v) is 10.8. The van der Waals surface area contributed by atoms with E-state index in [0.29, 0.717) is 12.1 Å². The lowest BCUT2D eigenvalue weighted by molar-refractivity contribution is 0.0948. The Labute approximate surface area is 102 Å². The van der Waals surface area contributed by atoms with Crippen molar-refractivity contribution in [3.05, 3.63) is 22.4 Å². The van der Waals surface area contributed by atoms with E-state index in [-0.39, 0.29) is 0 Å². The second kappa shape index (κ2) is 6.38. The molecule has 1 aliphatic rings. The Morgan fingerprint density at radius 2 is 2.56 bits per heavy atom. The average molecular weight is 239 g/mol. The summed E-state index contributed by atoms with van der Waals surface area (Å²) in [5, 5.41) is 5.73. The minimum atomic E-state index is 0.490. The van der Waals surface area contributed by atoms with Crippen LogP contribution in [0, 0.1) is 0 Å². The monoisotopic (exact) mass is 239 g/mol. The van der Waals surface area contributed by atoms with Gasteiger partial charge in [-0.05, 0) is 43.7 Å². The zero-order valence-electron chi connectivity index (χ0n) is 9.95. The quantitative estimate of drug-likeness (QED) is 0.824. The van der Waals surface area contributed by atoms with E-state index in [4.69, 9.17) is 4.74 Å². The van der Waals surface area contributed by atoms with E-state index in [1.54, 1.807) is 0 Å². The minimum absolute atomic E-state index is 0.490. The van der Waals surface area contributed by atoms with E-state index in [2.05, 4.69) is 29.8 Å². The van der Waals surface area contributed by atoms with Crippen LogP contribution in [0.2, 0.25) is 0 Å². The van der Waals surface area contributed by atoms with Gasteiger partial charge in [-0.2, -0.15) is 0 Å². The van der Waals surface area contributed by atoms with Gasteiger partial charge in [0.2, 0.25) is 0 Å². The number of hydrogen-bond donors (Lipinski definition) is 1. The van der Waals surface area contributed by atoms with E-state index >= 15 is 0 Å². The molecule has 2 unspecified atom stereocenters. The molecule has 0 bridgehead atoms. The summed E-state index contributed by atoms with van der Waals surface area (Å²) in [5.74, 6) is 0. The standard InChI is InChI=1S/C13H21NOS/c1-2-14-11(9-12-5-3-7-15-12)10-13-6-4-8-16-13/h4,6,8,11-12,14H,2-3,5,7,9-10H2,1H3. The molecular formula is C13H21NOS. The van der Waals surface area contributed by atoms with Gasteiger partial charge in [0.05, 0.1) is 6.10 Å². The number of likely N-dealkylation sites (N-methyl/N-ethyl adjacent to an activating group) is 1. The van der Waals surface area contributed by atoms with Crippen LogP contribution >= 0.6 is 11.3 Å². The molecule has 0 aromatic carbocycles. The van der Waals surface area contributed by atoms with Crippen molar-refractivity contribution in [3.63, 3.8) is 0 Å². The number of nitrogens with one attached hydrogen (secondary N) is 1. The van der Waals surface area contributed by atoms with E-state index in [0.717, 1.165) is 26.0 Å². The maximum absolute atomic E-state index is 5.71. The summed E-state index contributed by atoms with van der Waals surface area (Å²) in [6.07, 6.45) is 5.27. The Bertz CT molecular complexity index is 280. The Kier molecular flexibility index (Phi) is 4.82. The molecule has 1 aromatic rings. The topological polar surface area (TPSA) is 21.3 Å². The van der Waals surface area contributed by atoms with Crippen LogP contribution in [0.1, 0.15) is 31.1 Å². The van der Waals surface area contributed by atoms with Gasteiger partial charge in [-0.1, -0.05) is 13.0 Å². The molecule has 1 N–H and O–H groups in total. The largest absolute Gasteiger partial charge is 0.378 e. The van der Waals surface area contributed by atoms with Gasteiger partial charge in [-0.25, -0.2) is 0 Å². The SMILES string of the molecule is CCNC(Cc1cccs1)CC1CCCO1. The van der Waals surface area contributed by atoms with Crippen LogP contribution in [0.3, 0.4) is 0 Å². The molecule has 1 aromatic heterocycles. The first kappa shape index (κ1) is 12.1. The zero-order chi connectivity index (χ0) is 11.2. The highest BCUT2D eigenvalue weighted by Gasteiger charge is 2.20. The van der Waals surface area contributed by atoms with Crippen molar-refractivity contribution in [1.29, 1.82) is 0 Å². The van der Waals surface area contributed by atoms with Crippen molar-refractivity contribution >= 4 is 11.3 Å². The maximum Gasteiger partial charge on any atom is 0.0590 e. The fraction of sp³-hybridized carbons (Fsp3) is 0.692. The molecule has 0 amide bonds. The van der Waals surface area contributed by atoms with Crippen LogP contribution < -0.4 is 5.32 Å². The smallest absolute Gasteiger partial charge is 0.0590 e. The average Bonchev–Trinajstić information content (AvgIpc) is 2.91. The molecular weight excluding hydrogens is 218 g/mol. The molecule has 3 heteroatoms. The number of ether oxygens (including phenoxy) is 1. The van der Waals surface area contributed by atoms with Crippen LogP contribution in [-0.4, -0.2) is 25.3 Å². The van der Waals surface area contributed by atoms with Gasteiger partial charge in [0.1, 0.15) is 0 Å². The van der Waals surface area contributed by atoms with Crippen molar-refractivity contribution in [3.8, 4) is 0 Å². The molecule has 16 heavy (non-hydrogen) atoms. The van der Waals surface area contributed by atoms with Gasteiger partial charge in [-0.3, -0.25) is 0 Å². The molecule has 2 rings (SSSR count). The third-order valence-electron chi connectivity index (χ3n) is 3.09. The van der Waals surface area contributed by atoms with Crippen LogP contribution in [0.25, 0.3) is 0 Å². The normalized spacial score (nSPS) is 22.4. The highest BCUT2D eigenvalue weighted by atomic mass is 32.1. The van der Waals surface area contributed by atoms with Crippen molar-refractivity contribution in [1.82, 2.24) is 5.32 Å². The number of rotatable bonds is 6. The Morgan fingerprint density at radius 1 is 1.62 bits per heavy atom. The molecule has 0 aliphatic carbocycles. The van der Waals surface area contributed by atoms with E-state index < -0.39 is 0 Å². The Hall–Kier alpha value is -0.380. The molecule has 2 heterocycles. The highest BCUT2D eigenvalue weighted by Crippen LogP contribution is 2.20. The first-order valence-electron chi connectivity index (χ1n) is 6.26. The van der Waals surface area contributed by atoms with Crippen molar-refractivity contribution in [2.75, 3.05) is 13.2 Å². The summed E-state index contributed by atoms with van der Waals surface area (Å²) in [6, 6.07) is 4.94. The third-order valence-corrected chi connectivity index (χ3v) is 3.99. The summed E-state index contributed by atoms with van der Waals surface area (Å²) in [6.45, 7) is 4.18. The number of thiophene rings is 1. The second-order valence-electron chi connectivity index (χ2n) is 4.41. The summed E-state index contributed by atoms with van der Waals surface area (Å²) in [4.78, 5) is 1.48. The molecule has 0 saturated carbocycles. The fourth-order valence-corrected chi connectivity index (χ4v) is 3.13. The summed E-state index contributed by atoms with van der Waals surface area (Å²) >= 11 is 1.85. The van der Waals surface area contributed by atoms with Gasteiger partial charge >= 0.3 is 0 Å². The predicted molar refractivity (Wildman–Crippen MR) is 69.1 cm³/mol. The van der Waals surface area contributed by atoms with Crippen molar-refractivity contribution in [2.24, 2.45) is 0 Å². The van der Waals surface area contributed by atoms with E-state index in [1.165, 1.54) is 17.7 Å². The molecule has 90 valence electrons. The lowest BCUT2D eigenvalue weighted by atomic mass is 10.0. The Balaban J connectivity index is 1.83. The van der Waals surface area contributed by atoms with Gasteiger partial charge in [0.15, 0.2) is 0 Å². The van der Waals surface area contributed by atoms with Crippen LogP contribution in [0.5, 0.6) is 0 Å². The van der Waals surface area contributed by atoms with E-state index in [1.807, 2.05) is 11.3 Å². The first-order valence-corrected chi connectivity index (χ1v) is 7.14. The molecule has 2 atom stereocenters. The lowest BCUT2D eigenvalue weighted by Crippen LogP contribution is -2.34. The molecule has 0 radical (unpaired) electrons. The lowest BCUT2D eigenvalue weighted by Gasteiger charge is -2.20. The number of hydrogen-bond acceptors (Lipinski definition) is 3. The van der Waals surface area contributed by atoms with Crippen LogP contribution in [-0.2, 0) is 11.2 Å². The van der Waals surface area contributed by atoms with Crippen molar-refractivity contribution in [2.45, 2.75) is 44.8 Å². The molecule has 1 fully saturated rings. The fourth-order valence-electron chi connectivity index (χ4n) is 2.35. The summed E-state index contributed by atoms with van der Waals surface area (Å²) in [7, 11) is 0. The van der Waals surface area contributed by atoms with Gasteiger partial charge in [0.25, 0.3) is 0 Å². The van der Waals surface area contributed by atoms with Gasteiger partial charge in [-0.15, -0.1) is 11.3 Å². The van der Waals surface area contributed by atoms with E-state index in [9.17, 15) is 0 Å². The maximum atomic E-state index is 5.71. The molecule has 0 spiro atoms. The minimum Gasteiger partial charge on any atom is -0.378 e. The Morgan fingerprint density at radius 3 is 3.19 bits per heavy atom. The van der Waals surface area contributed by atoms with Gasteiger partial charge < -0.3 is 10.1 Å². The van der Waals surface area contributed by atoms with Crippen LogP contribution in [0.4, 0.5) is 0 Å². The third kappa shape index (κ3) is 3.58. The first-order chi connectivity index (χ1) is 7.88. The summed E-state index contributed by atoms with van der Waals surface area (Å²) in [5.41, 5.74) is 0. The summed E-state index contributed by atoms with van der Waals surface area (Å²) < 4.78 is 5.71. The van der Waals surface area contributed by atoms with Crippen molar-refractivity contribution < 1.29 is 4.74 Å².